The van der Waals surface area contributed by atoms with Crippen molar-refractivity contribution in [3.63, 3.8) is 0 Å². The fraction of sp³-hybridized carbons (Fsp3) is 0.600. The van der Waals surface area contributed by atoms with Crippen LogP contribution in [0.5, 0.6) is 0 Å². The van der Waals surface area contributed by atoms with Gasteiger partial charge in [0.15, 0.2) is 0 Å². The van der Waals surface area contributed by atoms with Gasteiger partial charge in [-0.05, 0) is 6.92 Å². The van der Waals surface area contributed by atoms with Crippen LogP contribution in [0.3, 0.4) is 0 Å². The van der Waals surface area contributed by atoms with E-state index >= 15 is 0 Å². The van der Waals surface area contributed by atoms with Gasteiger partial charge in [-0.25, -0.2) is 0 Å². The van der Waals surface area contributed by atoms with Crippen molar-refractivity contribution in [2.45, 2.75) is 6.92 Å². The van der Waals surface area contributed by atoms with Gasteiger partial charge in [-0.15, -0.1) is 0 Å². The summed E-state index contributed by atoms with van der Waals surface area (Å²) in [7, 11) is 0. The van der Waals surface area contributed by atoms with Crippen LogP contribution in [0.25, 0.3) is 0 Å². The summed E-state index contributed by atoms with van der Waals surface area (Å²) in [6, 6.07) is 0. The van der Waals surface area contributed by atoms with Crippen molar-refractivity contribution in [2.75, 3.05) is 11.9 Å². The summed E-state index contributed by atoms with van der Waals surface area (Å²) in [6.45, 7) is 2.11. The van der Waals surface area contributed by atoms with Gasteiger partial charge < -0.3 is 5.11 Å². The molecule has 0 unspecified atom stereocenters. The van der Waals surface area contributed by atoms with Crippen molar-refractivity contribution >= 4 is 15.9 Å². The third kappa shape index (κ3) is 7.62. The van der Waals surface area contributed by atoms with Crippen LogP contribution in [0.4, 0.5) is 0 Å². The number of aliphatic hydroxyl groups is 1. The molecule has 0 fully saturated rings. The third-order valence-corrected chi connectivity index (χ3v) is 1.54. The molecule has 45 valence electrons. The second-order valence-corrected chi connectivity index (χ2v) is 1.93. The molecule has 0 aliphatic heterocycles. The average molecular weight is 392 g/mol. The summed E-state index contributed by atoms with van der Waals surface area (Å²) < 4.78 is 0. The van der Waals surface area contributed by atoms with Crippen molar-refractivity contribution in [3.05, 3.63) is 11.6 Å². The van der Waals surface area contributed by atoms with Crippen molar-refractivity contribution in [3.8, 4) is 0 Å². The zero-order chi connectivity index (χ0) is 5.70. The topological polar surface area (TPSA) is 20.2 Å². The van der Waals surface area contributed by atoms with E-state index in [0.29, 0.717) is 0 Å². The molecular formula is C5H9AcBrO. The summed E-state index contributed by atoms with van der Waals surface area (Å²) in [4.78, 5) is 0. The molecule has 0 aromatic carbocycles. The summed E-state index contributed by atoms with van der Waals surface area (Å²) >= 11 is 3.24. The van der Waals surface area contributed by atoms with Crippen LogP contribution in [0.15, 0.2) is 11.6 Å². The maximum Gasteiger partial charge on any atom is 0.0615 e. The van der Waals surface area contributed by atoms with E-state index in [1.165, 1.54) is 5.57 Å². The number of halogens is 1. The van der Waals surface area contributed by atoms with Gasteiger partial charge >= 0.3 is 0 Å². The Balaban J connectivity index is 0. The van der Waals surface area contributed by atoms with Gasteiger partial charge in [-0.1, -0.05) is 27.6 Å². The monoisotopic (exact) mass is 391 g/mol. The molecule has 0 saturated carbocycles. The first-order valence-electron chi connectivity index (χ1n) is 2.13. The minimum atomic E-state index is 0. The van der Waals surface area contributed by atoms with Gasteiger partial charge in [0.25, 0.3) is 0 Å². The van der Waals surface area contributed by atoms with E-state index in [4.69, 9.17) is 5.11 Å². The smallest absolute Gasteiger partial charge is 0.0615 e. The average Bonchev–Trinajstić information content (AvgIpc) is 1.68. The van der Waals surface area contributed by atoms with Crippen molar-refractivity contribution < 1.29 is 49.2 Å². The van der Waals surface area contributed by atoms with Gasteiger partial charge in [0.1, 0.15) is 0 Å². The molecule has 1 radical (unpaired) electrons. The molecule has 0 aromatic rings. The molecule has 0 rings (SSSR count). The minimum Gasteiger partial charge on any atom is -0.392 e. The van der Waals surface area contributed by atoms with Crippen LogP contribution >= 0.6 is 15.9 Å². The predicted molar refractivity (Wildman–Crippen MR) is 34.6 cm³/mol. The molecule has 0 spiro atoms. The number of allylic oxidation sites excluding steroid dienone is 1. The van der Waals surface area contributed by atoms with Crippen LogP contribution in [0.1, 0.15) is 6.92 Å². The van der Waals surface area contributed by atoms with Gasteiger partial charge in [0.05, 0.1) is 6.61 Å². The fourth-order valence-corrected chi connectivity index (χ4v) is 0.439. The molecule has 1 nitrogen and oxygen atoms in total. The molecule has 1 N–H and O–H groups in total. The number of hydrogen-bond acceptors (Lipinski definition) is 1. The molecule has 8 heavy (non-hydrogen) atoms. The van der Waals surface area contributed by atoms with Crippen LogP contribution in [0.2, 0.25) is 0 Å². The normalized spacial score (nSPS) is 10.6. The third-order valence-electron chi connectivity index (χ3n) is 0.651. The number of alkyl halides is 1. The van der Waals surface area contributed by atoms with Gasteiger partial charge in [0.2, 0.25) is 0 Å². The zero-order valence-electron chi connectivity index (χ0n) is 4.89. The first-order valence-corrected chi connectivity index (χ1v) is 3.26. The Kier molecular flexibility index (Phi) is 13.3. The first kappa shape index (κ1) is 12.3. The number of hydrogen-bond donors (Lipinski definition) is 1. The van der Waals surface area contributed by atoms with Gasteiger partial charge in [-0.2, -0.15) is 0 Å². The van der Waals surface area contributed by atoms with Crippen LogP contribution < -0.4 is 0 Å². The quantitative estimate of drug-likeness (QED) is 0.556. The van der Waals surface area contributed by atoms with E-state index in [9.17, 15) is 0 Å². The Morgan fingerprint density at radius 3 is 2.38 bits per heavy atom. The summed E-state index contributed by atoms with van der Waals surface area (Å²) in [5.41, 5.74) is 1.17. The fourth-order valence-electron chi connectivity index (χ4n) is 0.210. The molecule has 3 heteroatoms. The van der Waals surface area contributed by atoms with E-state index in [0.717, 1.165) is 5.33 Å². The van der Waals surface area contributed by atoms with Gasteiger partial charge in [0, 0.05) is 49.4 Å². The Bertz CT molecular complexity index is 72.8. The summed E-state index contributed by atoms with van der Waals surface area (Å²) in [6.07, 6.45) is 1.77. The van der Waals surface area contributed by atoms with Crippen molar-refractivity contribution in [2.24, 2.45) is 0 Å². The Morgan fingerprint density at radius 2 is 2.25 bits per heavy atom. The largest absolute Gasteiger partial charge is 0.392 e. The maximum atomic E-state index is 8.27. The zero-order valence-corrected chi connectivity index (χ0v) is 11.2. The molecule has 0 saturated heterocycles. The summed E-state index contributed by atoms with van der Waals surface area (Å²) in [5, 5.41) is 9.13. The minimum absolute atomic E-state index is 0. The number of rotatable bonds is 2. The Labute approximate surface area is 94.2 Å². The summed E-state index contributed by atoms with van der Waals surface area (Å²) in [5.74, 6) is 0. The molecule has 0 amide bonds. The Morgan fingerprint density at radius 1 is 1.75 bits per heavy atom. The molecule has 0 aliphatic carbocycles. The second kappa shape index (κ2) is 8.62. The van der Waals surface area contributed by atoms with Gasteiger partial charge in [-0.3, -0.25) is 0 Å². The van der Waals surface area contributed by atoms with Crippen molar-refractivity contribution in [1.29, 1.82) is 0 Å². The SMILES string of the molecule is C/C(=C\CO)CBr.[Ac]. The predicted octanol–water partition coefficient (Wildman–Crippen LogP) is 1.32. The van der Waals surface area contributed by atoms with Crippen LogP contribution in [0, 0.1) is 44.1 Å². The Hall–Kier alpha value is 1.62. The first-order chi connectivity index (χ1) is 3.31. The second-order valence-electron chi connectivity index (χ2n) is 1.37. The van der Waals surface area contributed by atoms with E-state index in [1.807, 2.05) is 6.92 Å². The molecule has 0 bridgehead atoms. The van der Waals surface area contributed by atoms with Crippen LogP contribution in [-0.2, 0) is 0 Å². The maximum absolute atomic E-state index is 8.27. The molecular weight excluding hydrogens is 383 g/mol. The molecule has 0 atom stereocenters. The van der Waals surface area contributed by atoms with Crippen molar-refractivity contribution in [1.82, 2.24) is 0 Å². The molecule has 0 heterocycles. The van der Waals surface area contributed by atoms with E-state index in [2.05, 4.69) is 15.9 Å². The number of aliphatic hydroxyl groups excluding tert-OH is 1. The standard InChI is InChI=1S/C5H9BrO.Ac/c1-5(4-6)2-3-7;/h2,7H,3-4H2,1H3;/b5-2+;. The molecule has 0 aliphatic rings. The van der Waals surface area contributed by atoms with E-state index in [-0.39, 0.29) is 50.7 Å². The van der Waals surface area contributed by atoms with E-state index < -0.39 is 0 Å². The van der Waals surface area contributed by atoms with Crippen LogP contribution in [-0.4, -0.2) is 17.0 Å². The van der Waals surface area contributed by atoms with E-state index in [1.54, 1.807) is 6.08 Å². The molecule has 0 aromatic heterocycles.